The molecule has 1 amide bonds. The number of aromatic nitrogens is 2. The first kappa shape index (κ1) is 11.6. The monoisotopic (exact) mass is 255 g/mol. The lowest BCUT2D eigenvalue weighted by atomic mass is 10.00. The zero-order chi connectivity index (χ0) is 13.4. The number of nitrogens with zero attached hydrogens (tertiary/aromatic N) is 3. The number of fused-ring (bicyclic) bond motifs is 1. The van der Waals surface area contributed by atoms with Gasteiger partial charge in [-0.15, -0.1) is 0 Å². The van der Waals surface area contributed by atoms with Gasteiger partial charge >= 0.3 is 0 Å². The van der Waals surface area contributed by atoms with E-state index >= 15 is 0 Å². The van der Waals surface area contributed by atoms with Gasteiger partial charge in [-0.1, -0.05) is 12.1 Å². The summed E-state index contributed by atoms with van der Waals surface area (Å²) >= 11 is 0. The summed E-state index contributed by atoms with van der Waals surface area (Å²) < 4.78 is 1.59. The maximum atomic E-state index is 12.4. The van der Waals surface area contributed by atoms with Gasteiger partial charge in [0, 0.05) is 31.8 Å². The zero-order valence-corrected chi connectivity index (χ0v) is 10.5. The fourth-order valence-electron chi connectivity index (χ4n) is 2.31. The van der Waals surface area contributed by atoms with Gasteiger partial charge in [-0.2, -0.15) is 5.10 Å². The van der Waals surface area contributed by atoms with E-state index in [9.17, 15) is 9.59 Å². The van der Waals surface area contributed by atoms with E-state index in [0.717, 1.165) is 0 Å². The summed E-state index contributed by atoms with van der Waals surface area (Å²) in [5.74, 6) is -0.0288. The molecule has 0 bridgehead atoms. The second-order valence-corrected chi connectivity index (χ2v) is 4.55. The summed E-state index contributed by atoms with van der Waals surface area (Å²) in [6.45, 7) is 0.420. The molecule has 0 N–H and O–H groups in total. The number of anilines is 1. The molecule has 1 aromatic carbocycles. The Bertz CT molecular complexity index is 660. The van der Waals surface area contributed by atoms with Gasteiger partial charge in [-0.25, -0.2) is 0 Å². The van der Waals surface area contributed by atoms with E-state index in [-0.39, 0.29) is 11.7 Å². The van der Waals surface area contributed by atoms with E-state index in [1.165, 1.54) is 0 Å². The number of Topliss-reactive ketones (excluding diaryl/α,β-unsaturated/α-hetero) is 1. The van der Waals surface area contributed by atoms with Crippen molar-refractivity contribution in [3.8, 4) is 0 Å². The number of rotatable bonds is 1. The van der Waals surface area contributed by atoms with Crippen molar-refractivity contribution in [2.75, 3.05) is 11.4 Å². The number of carbonyl (C=O) groups is 2. The van der Waals surface area contributed by atoms with Crippen molar-refractivity contribution >= 4 is 17.4 Å². The number of aryl methyl sites for hydroxylation is 1. The number of amides is 1. The first-order chi connectivity index (χ1) is 9.16. The van der Waals surface area contributed by atoms with Gasteiger partial charge in [0.1, 0.15) is 0 Å². The minimum atomic E-state index is -0.118. The van der Waals surface area contributed by atoms with Crippen LogP contribution in [0.5, 0.6) is 0 Å². The van der Waals surface area contributed by atoms with E-state index in [4.69, 9.17) is 0 Å². The molecule has 5 heteroatoms. The standard InChI is InChI=1S/C14H13N3O2/c1-16-9-10(8-15-16)14(19)17-7-6-13(18)11-4-2-3-5-12(11)17/h2-5,8-9H,6-7H2,1H3. The molecule has 0 saturated carbocycles. The average molecular weight is 255 g/mol. The highest BCUT2D eigenvalue weighted by atomic mass is 16.2. The predicted molar refractivity (Wildman–Crippen MR) is 70.3 cm³/mol. The Morgan fingerprint density at radius 3 is 2.84 bits per heavy atom. The van der Waals surface area contributed by atoms with Gasteiger partial charge in [0.05, 0.1) is 17.4 Å². The molecule has 0 saturated heterocycles. The lowest BCUT2D eigenvalue weighted by Crippen LogP contribution is -2.37. The molecule has 0 radical (unpaired) electrons. The number of hydrogen-bond acceptors (Lipinski definition) is 3. The average Bonchev–Trinajstić information content (AvgIpc) is 2.86. The van der Waals surface area contributed by atoms with Crippen molar-refractivity contribution in [3.63, 3.8) is 0 Å². The van der Waals surface area contributed by atoms with Crippen molar-refractivity contribution in [2.24, 2.45) is 7.05 Å². The topological polar surface area (TPSA) is 55.2 Å². The molecule has 3 rings (SSSR count). The molecule has 2 heterocycles. The van der Waals surface area contributed by atoms with Gasteiger partial charge < -0.3 is 4.90 Å². The third-order valence-corrected chi connectivity index (χ3v) is 3.25. The molecule has 1 aliphatic rings. The van der Waals surface area contributed by atoms with Gasteiger partial charge in [0.15, 0.2) is 5.78 Å². The Kier molecular flexibility index (Phi) is 2.67. The largest absolute Gasteiger partial charge is 0.307 e. The van der Waals surface area contributed by atoms with E-state index in [1.54, 1.807) is 41.2 Å². The summed E-state index contributed by atoms with van der Waals surface area (Å²) in [4.78, 5) is 25.9. The Labute approximate surface area is 110 Å². The molecular weight excluding hydrogens is 242 g/mol. The molecular formula is C14H13N3O2. The van der Waals surface area contributed by atoms with Crippen LogP contribution < -0.4 is 4.90 Å². The summed E-state index contributed by atoms with van der Waals surface area (Å²) in [7, 11) is 1.77. The Hall–Kier alpha value is -2.43. The predicted octanol–water partition coefficient (Wildman–Crippen LogP) is 1.65. The van der Waals surface area contributed by atoms with Gasteiger partial charge in [0.25, 0.3) is 5.91 Å². The number of carbonyl (C=O) groups excluding carboxylic acids is 2. The fraction of sp³-hybridized carbons (Fsp3) is 0.214. The lowest BCUT2D eigenvalue weighted by Gasteiger charge is -2.28. The Balaban J connectivity index is 2.01. The van der Waals surface area contributed by atoms with Gasteiger partial charge in [-0.3, -0.25) is 14.3 Å². The van der Waals surface area contributed by atoms with Crippen LogP contribution in [0.1, 0.15) is 27.1 Å². The number of ketones is 1. The van der Waals surface area contributed by atoms with Crippen molar-refractivity contribution in [1.82, 2.24) is 9.78 Å². The molecule has 0 aliphatic carbocycles. The summed E-state index contributed by atoms with van der Waals surface area (Å²) in [6.07, 6.45) is 3.59. The summed E-state index contributed by atoms with van der Waals surface area (Å²) in [5.41, 5.74) is 1.84. The maximum absolute atomic E-state index is 12.4. The molecule has 96 valence electrons. The number of benzene rings is 1. The van der Waals surface area contributed by atoms with Crippen molar-refractivity contribution in [2.45, 2.75) is 6.42 Å². The van der Waals surface area contributed by atoms with Crippen LogP contribution in [-0.2, 0) is 7.05 Å². The van der Waals surface area contributed by atoms with Crippen LogP contribution in [0.15, 0.2) is 36.7 Å². The van der Waals surface area contributed by atoms with Crippen LogP contribution >= 0.6 is 0 Å². The highest BCUT2D eigenvalue weighted by Crippen LogP contribution is 2.27. The smallest absolute Gasteiger partial charge is 0.261 e. The second kappa shape index (κ2) is 4.35. The fourth-order valence-corrected chi connectivity index (χ4v) is 2.31. The van der Waals surface area contributed by atoms with Gasteiger partial charge in [0.2, 0.25) is 0 Å². The Morgan fingerprint density at radius 1 is 1.32 bits per heavy atom. The highest BCUT2D eigenvalue weighted by Gasteiger charge is 2.27. The van der Waals surface area contributed by atoms with Crippen LogP contribution in [0.3, 0.4) is 0 Å². The molecule has 19 heavy (non-hydrogen) atoms. The van der Waals surface area contributed by atoms with E-state index in [1.807, 2.05) is 12.1 Å². The van der Waals surface area contributed by atoms with E-state index in [0.29, 0.717) is 29.8 Å². The SMILES string of the molecule is Cn1cc(C(=O)N2CCC(=O)c3ccccc32)cn1. The molecule has 0 unspecified atom stereocenters. The number of para-hydroxylation sites is 1. The third-order valence-electron chi connectivity index (χ3n) is 3.25. The maximum Gasteiger partial charge on any atom is 0.261 e. The number of hydrogen-bond donors (Lipinski definition) is 0. The normalized spacial score (nSPS) is 14.4. The molecule has 0 spiro atoms. The first-order valence-corrected chi connectivity index (χ1v) is 6.09. The summed E-state index contributed by atoms with van der Waals surface area (Å²) in [5, 5.41) is 4.01. The molecule has 0 fully saturated rings. The van der Waals surface area contributed by atoms with Crippen molar-refractivity contribution < 1.29 is 9.59 Å². The minimum Gasteiger partial charge on any atom is -0.307 e. The molecule has 2 aromatic rings. The summed E-state index contributed by atoms with van der Waals surface area (Å²) in [6, 6.07) is 7.22. The van der Waals surface area contributed by atoms with Crippen LogP contribution in [0.25, 0.3) is 0 Å². The second-order valence-electron chi connectivity index (χ2n) is 4.55. The van der Waals surface area contributed by atoms with Crippen LogP contribution in [0.2, 0.25) is 0 Å². The van der Waals surface area contributed by atoms with Crippen molar-refractivity contribution in [3.05, 3.63) is 47.8 Å². The minimum absolute atomic E-state index is 0.0887. The lowest BCUT2D eigenvalue weighted by molar-refractivity contribution is 0.0955. The van der Waals surface area contributed by atoms with Gasteiger partial charge in [-0.05, 0) is 12.1 Å². The molecule has 1 aromatic heterocycles. The van der Waals surface area contributed by atoms with Crippen molar-refractivity contribution in [1.29, 1.82) is 0 Å². The van der Waals surface area contributed by atoms with E-state index in [2.05, 4.69) is 5.10 Å². The van der Waals surface area contributed by atoms with Crippen LogP contribution in [0, 0.1) is 0 Å². The Morgan fingerprint density at radius 2 is 2.11 bits per heavy atom. The first-order valence-electron chi connectivity index (χ1n) is 6.09. The molecule has 1 aliphatic heterocycles. The van der Waals surface area contributed by atoms with Crippen LogP contribution in [-0.4, -0.2) is 28.0 Å². The van der Waals surface area contributed by atoms with Crippen LogP contribution in [0.4, 0.5) is 5.69 Å². The highest BCUT2D eigenvalue weighted by molar-refractivity contribution is 6.13. The quantitative estimate of drug-likeness (QED) is 0.778. The third kappa shape index (κ3) is 1.93. The molecule has 0 atom stereocenters. The molecule has 5 nitrogen and oxygen atoms in total. The van der Waals surface area contributed by atoms with E-state index < -0.39 is 0 Å². The zero-order valence-electron chi connectivity index (χ0n) is 10.5.